The molecule has 2 unspecified atom stereocenters. The van der Waals surface area contributed by atoms with Crippen LogP contribution in [0.5, 0.6) is 0 Å². The van der Waals surface area contributed by atoms with E-state index in [0.717, 1.165) is 44.9 Å². The molecule has 0 saturated carbocycles. The van der Waals surface area contributed by atoms with E-state index in [4.69, 9.17) is 0 Å². The van der Waals surface area contributed by atoms with E-state index in [2.05, 4.69) is 31.3 Å². The number of carbonyl (C=O) groups excluding carboxylic acids is 1. The van der Waals surface area contributed by atoms with Gasteiger partial charge in [0.15, 0.2) is 0 Å². The maximum Gasteiger partial charge on any atom is 0.220 e. The monoisotopic (exact) mass is 395 g/mol. The highest BCUT2D eigenvalue weighted by Gasteiger charge is 2.17. The van der Waals surface area contributed by atoms with E-state index in [1.165, 1.54) is 38.5 Å². The Morgan fingerprint density at radius 2 is 1.39 bits per heavy atom. The molecule has 0 aliphatic carbocycles. The molecular formula is C24H45NO3. The Kier molecular flexibility index (Phi) is 19.8. The van der Waals surface area contributed by atoms with Crippen molar-refractivity contribution < 1.29 is 15.0 Å². The molecular weight excluding hydrogens is 350 g/mol. The zero-order valence-corrected chi connectivity index (χ0v) is 18.4. The van der Waals surface area contributed by atoms with Crippen molar-refractivity contribution >= 4 is 5.91 Å². The number of amides is 1. The van der Waals surface area contributed by atoms with Crippen LogP contribution in [0, 0.1) is 0 Å². The second-order valence-corrected chi connectivity index (χ2v) is 7.69. The smallest absolute Gasteiger partial charge is 0.220 e. The molecule has 0 radical (unpaired) electrons. The number of hydrogen-bond donors (Lipinski definition) is 3. The number of hydrogen-bond acceptors (Lipinski definition) is 3. The Bertz CT molecular complexity index is 407. The summed E-state index contributed by atoms with van der Waals surface area (Å²) >= 11 is 0. The molecule has 0 fully saturated rings. The number of rotatable bonds is 19. The van der Waals surface area contributed by atoms with Crippen LogP contribution >= 0.6 is 0 Å². The average Bonchev–Trinajstić information content (AvgIpc) is 2.70. The van der Waals surface area contributed by atoms with Crippen molar-refractivity contribution in [3.05, 3.63) is 24.3 Å². The minimum atomic E-state index is -0.850. The molecule has 0 aliphatic rings. The minimum absolute atomic E-state index is 0.0970. The molecule has 0 saturated heterocycles. The van der Waals surface area contributed by atoms with Crippen LogP contribution in [0.4, 0.5) is 0 Å². The summed E-state index contributed by atoms with van der Waals surface area (Å²) in [6, 6.07) is -0.627. The SMILES string of the molecule is CCCCCCCC/C=C/CC/C=C/C(O)C(CO)NC(=O)CCCCCC. The Morgan fingerprint density at radius 3 is 2.07 bits per heavy atom. The van der Waals surface area contributed by atoms with E-state index < -0.39 is 12.1 Å². The van der Waals surface area contributed by atoms with Gasteiger partial charge in [-0.1, -0.05) is 89.5 Å². The molecule has 4 nitrogen and oxygen atoms in total. The molecule has 3 N–H and O–H groups in total. The molecule has 0 aromatic rings. The van der Waals surface area contributed by atoms with Gasteiger partial charge in [-0.15, -0.1) is 0 Å². The lowest BCUT2D eigenvalue weighted by atomic mass is 10.1. The van der Waals surface area contributed by atoms with Crippen molar-refractivity contribution in [1.29, 1.82) is 0 Å². The molecule has 2 atom stereocenters. The van der Waals surface area contributed by atoms with Gasteiger partial charge in [0.25, 0.3) is 0 Å². The maximum absolute atomic E-state index is 11.9. The zero-order chi connectivity index (χ0) is 20.9. The predicted molar refractivity (Wildman–Crippen MR) is 119 cm³/mol. The highest BCUT2D eigenvalue weighted by molar-refractivity contribution is 5.76. The lowest BCUT2D eigenvalue weighted by Gasteiger charge is -2.19. The van der Waals surface area contributed by atoms with Crippen molar-refractivity contribution in [1.82, 2.24) is 5.32 Å². The molecule has 0 aliphatic heterocycles. The number of allylic oxidation sites excluding steroid dienone is 3. The molecule has 0 aromatic carbocycles. The summed E-state index contributed by atoms with van der Waals surface area (Å²) in [4.78, 5) is 11.9. The standard InChI is InChI=1S/C24H45NO3/c1-3-5-7-9-10-11-12-13-14-15-16-17-19-23(27)22(21-26)25-24(28)20-18-8-6-4-2/h13-14,17,19,22-23,26-27H,3-12,15-16,18,20-21H2,1-2H3,(H,25,28)/b14-13+,19-17+. The first kappa shape index (κ1) is 26.9. The third kappa shape index (κ3) is 17.0. The van der Waals surface area contributed by atoms with Crippen LogP contribution in [0.25, 0.3) is 0 Å². The highest BCUT2D eigenvalue weighted by atomic mass is 16.3. The highest BCUT2D eigenvalue weighted by Crippen LogP contribution is 2.08. The molecule has 0 spiro atoms. The number of aliphatic hydroxyl groups excluding tert-OH is 2. The van der Waals surface area contributed by atoms with Gasteiger partial charge in [-0.3, -0.25) is 4.79 Å². The zero-order valence-electron chi connectivity index (χ0n) is 18.4. The van der Waals surface area contributed by atoms with Gasteiger partial charge in [-0.25, -0.2) is 0 Å². The fraction of sp³-hybridized carbons (Fsp3) is 0.792. The largest absolute Gasteiger partial charge is 0.394 e. The van der Waals surface area contributed by atoms with E-state index in [-0.39, 0.29) is 12.5 Å². The summed E-state index contributed by atoms with van der Waals surface area (Å²) in [5.41, 5.74) is 0. The summed E-state index contributed by atoms with van der Waals surface area (Å²) in [6.45, 7) is 4.12. The lowest BCUT2D eigenvalue weighted by molar-refractivity contribution is -0.123. The van der Waals surface area contributed by atoms with Gasteiger partial charge in [0.1, 0.15) is 0 Å². The topological polar surface area (TPSA) is 69.6 Å². The summed E-state index contributed by atoms with van der Waals surface area (Å²) in [6.07, 6.45) is 22.7. The van der Waals surface area contributed by atoms with Crippen LogP contribution in [0.1, 0.15) is 104 Å². The first-order valence-electron chi connectivity index (χ1n) is 11.6. The van der Waals surface area contributed by atoms with Crippen molar-refractivity contribution in [2.45, 2.75) is 116 Å². The van der Waals surface area contributed by atoms with Crippen LogP contribution in [-0.2, 0) is 4.79 Å². The van der Waals surface area contributed by atoms with Gasteiger partial charge in [0.05, 0.1) is 18.8 Å². The first-order chi connectivity index (χ1) is 13.7. The quantitative estimate of drug-likeness (QED) is 0.201. The Hall–Kier alpha value is -1.13. The molecule has 0 rings (SSSR count). The van der Waals surface area contributed by atoms with Crippen LogP contribution in [0.15, 0.2) is 24.3 Å². The third-order valence-electron chi connectivity index (χ3n) is 4.94. The summed E-state index contributed by atoms with van der Waals surface area (Å²) in [5.74, 6) is -0.0970. The number of carbonyl (C=O) groups is 1. The molecule has 164 valence electrons. The van der Waals surface area contributed by atoms with E-state index in [1.54, 1.807) is 6.08 Å². The maximum atomic E-state index is 11.9. The third-order valence-corrected chi connectivity index (χ3v) is 4.94. The Labute approximate surface area is 173 Å². The van der Waals surface area contributed by atoms with E-state index in [0.29, 0.717) is 6.42 Å². The van der Waals surface area contributed by atoms with Crippen molar-refractivity contribution in [3.63, 3.8) is 0 Å². The predicted octanol–water partition coefficient (Wildman–Crippen LogP) is 5.44. The fourth-order valence-corrected chi connectivity index (χ4v) is 3.07. The molecule has 0 heterocycles. The summed E-state index contributed by atoms with van der Waals surface area (Å²) < 4.78 is 0. The van der Waals surface area contributed by atoms with E-state index >= 15 is 0 Å². The average molecular weight is 396 g/mol. The Balaban J connectivity index is 3.83. The molecule has 0 aromatic heterocycles. The number of nitrogens with one attached hydrogen (secondary N) is 1. The van der Waals surface area contributed by atoms with Crippen molar-refractivity contribution in [3.8, 4) is 0 Å². The minimum Gasteiger partial charge on any atom is -0.394 e. The number of unbranched alkanes of at least 4 members (excludes halogenated alkanes) is 10. The summed E-state index contributed by atoms with van der Waals surface area (Å²) in [7, 11) is 0. The van der Waals surface area contributed by atoms with Crippen LogP contribution in [-0.4, -0.2) is 34.9 Å². The van der Waals surface area contributed by atoms with E-state index in [9.17, 15) is 15.0 Å². The van der Waals surface area contributed by atoms with Crippen molar-refractivity contribution in [2.75, 3.05) is 6.61 Å². The number of aliphatic hydroxyl groups is 2. The van der Waals surface area contributed by atoms with Gasteiger partial charge in [-0.05, 0) is 32.1 Å². The van der Waals surface area contributed by atoms with Crippen LogP contribution in [0.2, 0.25) is 0 Å². The van der Waals surface area contributed by atoms with E-state index in [1.807, 2.05) is 6.08 Å². The molecule has 4 heteroatoms. The van der Waals surface area contributed by atoms with Crippen LogP contribution in [0.3, 0.4) is 0 Å². The van der Waals surface area contributed by atoms with Gasteiger partial charge >= 0.3 is 0 Å². The van der Waals surface area contributed by atoms with Crippen molar-refractivity contribution in [2.24, 2.45) is 0 Å². The van der Waals surface area contributed by atoms with Gasteiger partial charge in [0.2, 0.25) is 5.91 Å². The van der Waals surface area contributed by atoms with Gasteiger partial charge < -0.3 is 15.5 Å². The molecule has 0 bridgehead atoms. The Morgan fingerprint density at radius 1 is 0.821 bits per heavy atom. The second kappa shape index (κ2) is 20.6. The molecule has 1 amide bonds. The molecule has 28 heavy (non-hydrogen) atoms. The fourth-order valence-electron chi connectivity index (χ4n) is 3.07. The lowest BCUT2D eigenvalue weighted by Crippen LogP contribution is -2.45. The second-order valence-electron chi connectivity index (χ2n) is 7.69. The van der Waals surface area contributed by atoms with Gasteiger partial charge in [-0.2, -0.15) is 0 Å². The van der Waals surface area contributed by atoms with Gasteiger partial charge in [0, 0.05) is 6.42 Å². The normalized spacial score (nSPS) is 14.0. The van der Waals surface area contributed by atoms with Crippen LogP contribution < -0.4 is 5.32 Å². The summed E-state index contributed by atoms with van der Waals surface area (Å²) in [5, 5.41) is 22.3. The first-order valence-corrected chi connectivity index (χ1v) is 11.6.